The van der Waals surface area contributed by atoms with Gasteiger partial charge in [0.2, 0.25) is 11.6 Å². The van der Waals surface area contributed by atoms with Gasteiger partial charge in [0.15, 0.2) is 0 Å². The number of nitrogens with two attached hydrogens (primary N) is 1. The standard InChI is InChI=1S/C23H32N4O7/c1-14(24)17(28)23(33-16-10-12-26-13-11-16,18(29)15-8-6-5-7-9-15)19(30)32-20(25)27-21(31)34-22(2,3)4/h5-9,14,16,26H,10-13,24H2,1-4H3,(H2,25,27,31)/t14-,23?/m0/s1. The Balaban J connectivity index is 2.43. The van der Waals surface area contributed by atoms with Gasteiger partial charge >= 0.3 is 12.1 Å². The number of carbonyl (C=O) groups excluding carboxylic acids is 4. The van der Waals surface area contributed by atoms with Gasteiger partial charge in [-0.15, -0.1) is 0 Å². The lowest BCUT2D eigenvalue weighted by molar-refractivity contribution is -0.172. The van der Waals surface area contributed by atoms with Gasteiger partial charge in [-0.05, 0) is 53.6 Å². The Kier molecular flexibility index (Phi) is 9.02. The van der Waals surface area contributed by atoms with Crippen LogP contribution in [0.5, 0.6) is 0 Å². The molecule has 0 radical (unpaired) electrons. The van der Waals surface area contributed by atoms with E-state index in [9.17, 15) is 19.2 Å². The van der Waals surface area contributed by atoms with Crippen molar-refractivity contribution in [3.63, 3.8) is 0 Å². The van der Waals surface area contributed by atoms with E-state index in [4.69, 9.17) is 25.4 Å². The molecule has 1 amide bonds. The predicted molar refractivity (Wildman–Crippen MR) is 122 cm³/mol. The van der Waals surface area contributed by atoms with Crippen LogP contribution in [0.25, 0.3) is 0 Å². The Morgan fingerprint density at radius 1 is 1.12 bits per heavy atom. The fourth-order valence-electron chi connectivity index (χ4n) is 3.33. The summed E-state index contributed by atoms with van der Waals surface area (Å²) in [6.07, 6.45) is -0.825. The van der Waals surface area contributed by atoms with Gasteiger partial charge in [-0.1, -0.05) is 30.3 Å². The van der Waals surface area contributed by atoms with Crippen molar-refractivity contribution in [2.45, 2.75) is 63.9 Å². The first-order valence-electron chi connectivity index (χ1n) is 11.0. The summed E-state index contributed by atoms with van der Waals surface area (Å²) < 4.78 is 15.9. The van der Waals surface area contributed by atoms with Crippen molar-refractivity contribution in [1.82, 2.24) is 10.6 Å². The smallest absolute Gasteiger partial charge is 0.415 e. The van der Waals surface area contributed by atoms with E-state index in [1.54, 1.807) is 39.0 Å². The van der Waals surface area contributed by atoms with Gasteiger partial charge < -0.3 is 25.3 Å². The molecule has 1 fully saturated rings. The number of carbonyl (C=O) groups is 4. The summed E-state index contributed by atoms with van der Waals surface area (Å²) in [6.45, 7) is 7.26. The Morgan fingerprint density at radius 2 is 1.71 bits per heavy atom. The SMILES string of the molecule is C[C@H](N)C(=O)C(OC1CCNCC1)(C(=O)OC(=N)NC(=O)OC(C)(C)C)C(=O)c1ccccc1. The molecule has 0 aliphatic carbocycles. The zero-order valence-corrected chi connectivity index (χ0v) is 19.8. The maximum absolute atomic E-state index is 13.6. The van der Waals surface area contributed by atoms with E-state index in [1.165, 1.54) is 19.1 Å². The number of esters is 1. The molecule has 1 aromatic rings. The van der Waals surface area contributed by atoms with Crippen molar-refractivity contribution in [2.24, 2.45) is 5.73 Å². The summed E-state index contributed by atoms with van der Waals surface area (Å²) in [5.74, 6) is -3.46. The molecule has 0 saturated carbocycles. The third kappa shape index (κ3) is 6.92. The van der Waals surface area contributed by atoms with E-state index in [-0.39, 0.29) is 5.56 Å². The highest BCUT2D eigenvalue weighted by molar-refractivity contribution is 6.32. The molecule has 11 nitrogen and oxygen atoms in total. The number of hydrogen-bond acceptors (Lipinski definition) is 10. The molecule has 1 unspecified atom stereocenters. The molecule has 1 aromatic carbocycles. The first-order chi connectivity index (χ1) is 15.9. The lowest BCUT2D eigenvalue weighted by Gasteiger charge is -2.35. The Morgan fingerprint density at radius 3 is 2.24 bits per heavy atom. The molecule has 0 spiro atoms. The van der Waals surface area contributed by atoms with Gasteiger partial charge in [0, 0.05) is 5.56 Å². The van der Waals surface area contributed by atoms with Crippen molar-refractivity contribution < 1.29 is 33.4 Å². The van der Waals surface area contributed by atoms with Crippen LogP contribution in [0.4, 0.5) is 4.79 Å². The number of ether oxygens (including phenoxy) is 3. The van der Waals surface area contributed by atoms with Gasteiger partial charge in [-0.3, -0.25) is 15.0 Å². The molecule has 0 bridgehead atoms. The van der Waals surface area contributed by atoms with Crippen molar-refractivity contribution in [1.29, 1.82) is 5.41 Å². The van der Waals surface area contributed by atoms with Crippen LogP contribution in [0.2, 0.25) is 0 Å². The minimum atomic E-state index is -2.76. The van der Waals surface area contributed by atoms with Crippen LogP contribution in [0.1, 0.15) is 50.9 Å². The van der Waals surface area contributed by atoms with E-state index in [2.05, 4.69) is 5.32 Å². The molecule has 34 heavy (non-hydrogen) atoms. The minimum Gasteiger partial charge on any atom is -0.443 e. The third-order valence-corrected chi connectivity index (χ3v) is 4.84. The number of piperidine rings is 1. The van der Waals surface area contributed by atoms with Crippen LogP contribution in [0.15, 0.2) is 30.3 Å². The van der Waals surface area contributed by atoms with Gasteiger partial charge in [0.25, 0.3) is 11.6 Å². The van der Waals surface area contributed by atoms with Gasteiger partial charge in [0.05, 0.1) is 12.1 Å². The minimum absolute atomic E-state index is 0.0222. The van der Waals surface area contributed by atoms with Crippen LogP contribution >= 0.6 is 0 Å². The van der Waals surface area contributed by atoms with Crippen molar-refractivity contribution in [3.8, 4) is 0 Å². The Hall–Kier alpha value is -3.15. The molecule has 2 atom stereocenters. The van der Waals surface area contributed by atoms with E-state index in [0.717, 1.165) is 0 Å². The maximum Gasteiger partial charge on any atom is 0.415 e. The summed E-state index contributed by atoms with van der Waals surface area (Å²) in [4.78, 5) is 52.3. The largest absolute Gasteiger partial charge is 0.443 e. The average Bonchev–Trinajstić information content (AvgIpc) is 2.76. The fraction of sp³-hybridized carbons (Fsp3) is 0.522. The van der Waals surface area contributed by atoms with Crippen molar-refractivity contribution in [3.05, 3.63) is 35.9 Å². The number of Topliss-reactive ketones (excluding diaryl/α,β-unsaturated/α-hetero) is 2. The molecular formula is C23H32N4O7. The molecule has 0 aromatic heterocycles. The second-order valence-electron chi connectivity index (χ2n) is 8.94. The van der Waals surface area contributed by atoms with E-state index >= 15 is 0 Å². The topological polar surface area (TPSA) is 170 Å². The van der Waals surface area contributed by atoms with Gasteiger partial charge in [-0.2, -0.15) is 0 Å². The first kappa shape index (κ1) is 27.1. The fourth-order valence-corrected chi connectivity index (χ4v) is 3.33. The third-order valence-electron chi connectivity index (χ3n) is 4.84. The van der Waals surface area contributed by atoms with Crippen LogP contribution in [-0.4, -0.2) is 66.1 Å². The maximum atomic E-state index is 13.6. The number of amides is 1. The van der Waals surface area contributed by atoms with Crippen LogP contribution in [0, 0.1) is 5.41 Å². The molecule has 1 aliphatic heterocycles. The summed E-state index contributed by atoms with van der Waals surface area (Å²) in [7, 11) is 0. The number of rotatable bonds is 7. The summed E-state index contributed by atoms with van der Waals surface area (Å²) in [5, 5.41) is 13.0. The molecule has 2 rings (SSSR count). The highest BCUT2D eigenvalue weighted by Crippen LogP contribution is 2.27. The molecule has 1 saturated heterocycles. The summed E-state index contributed by atoms with van der Waals surface area (Å²) in [5.41, 5.74) is 2.20. The second-order valence-corrected chi connectivity index (χ2v) is 8.94. The normalized spacial score (nSPS) is 17.1. The van der Waals surface area contributed by atoms with E-state index in [1.807, 2.05) is 5.32 Å². The molecule has 186 valence electrons. The highest BCUT2D eigenvalue weighted by atomic mass is 16.6. The number of benzene rings is 1. The van der Waals surface area contributed by atoms with Crippen molar-refractivity contribution in [2.75, 3.05) is 13.1 Å². The summed E-state index contributed by atoms with van der Waals surface area (Å²) >= 11 is 0. The predicted octanol–water partition coefficient (Wildman–Crippen LogP) is 1.30. The lowest BCUT2D eigenvalue weighted by atomic mass is 9.85. The molecule has 1 aliphatic rings. The van der Waals surface area contributed by atoms with E-state index < -0.39 is 53.0 Å². The van der Waals surface area contributed by atoms with Gasteiger partial charge in [0.1, 0.15) is 5.60 Å². The number of amidine groups is 1. The summed E-state index contributed by atoms with van der Waals surface area (Å²) in [6, 6.07) is 5.35. The van der Waals surface area contributed by atoms with Crippen LogP contribution < -0.4 is 16.4 Å². The number of nitrogens with one attached hydrogen (secondary N) is 3. The Labute approximate surface area is 198 Å². The monoisotopic (exact) mass is 476 g/mol. The van der Waals surface area contributed by atoms with Crippen LogP contribution in [0.3, 0.4) is 0 Å². The van der Waals surface area contributed by atoms with Crippen molar-refractivity contribution >= 4 is 29.7 Å². The zero-order valence-electron chi connectivity index (χ0n) is 19.8. The molecular weight excluding hydrogens is 444 g/mol. The zero-order chi connectivity index (χ0) is 25.5. The van der Waals surface area contributed by atoms with Crippen LogP contribution in [-0.2, 0) is 23.8 Å². The highest BCUT2D eigenvalue weighted by Gasteiger charge is 2.58. The molecule has 1 heterocycles. The Bertz CT molecular complexity index is 921. The lowest BCUT2D eigenvalue weighted by Crippen LogP contribution is -2.63. The molecule has 5 N–H and O–H groups in total. The number of hydrogen-bond donors (Lipinski definition) is 4. The van der Waals surface area contributed by atoms with Gasteiger partial charge in [-0.25, -0.2) is 14.9 Å². The quantitative estimate of drug-likeness (QED) is 0.149. The van der Waals surface area contributed by atoms with E-state index in [0.29, 0.717) is 25.9 Å². The average molecular weight is 477 g/mol. The number of alkyl carbamates (subject to hydrolysis) is 1. The first-order valence-corrected chi connectivity index (χ1v) is 11.0. The number of ketones is 2. The second kappa shape index (κ2) is 11.3. The molecule has 11 heteroatoms.